The van der Waals surface area contributed by atoms with Crippen molar-refractivity contribution in [3.63, 3.8) is 0 Å². The van der Waals surface area contributed by atoms with Gasteiger partial charge in [-0.05, 0) is 36.5 Å². The van der Waals surface area contributed by atoms with Gasteiger partial charge in [0, 0.05) is 31.9 Å². The van der Waals surface area contributed by atoms with Gasteiger partial charge < -0.3 is 14.9 Å². The van der Waals surface area contributed by atoms with Gasteiger partial charge >= 0.3 is 11.8 Å². The van der Waals surface area contributed by atoms with Crippen molar-refractivity contribution < 1.29 is 9.90 Å². The first-order chi connectivity index (χ1) is 16.5. The number of pyridine rings is 2. The van der Waals surface area contributed by atoms with Gasteiger partial charge in [0.1, 0.15) is 11.0 Å². The number of nitrogens with zero attached hydrogens (tertiary/aromatic N) is 6. The number of aromatic nitrogens is 4. The minimum absolute atomic E-state index is 0.0391. The molecule has 11 heteroatoms. The van der Waals surface area contributed by atoms with Crippen molar-refractivity contribution in [3.8, 4) is 5.69 Å². The maximum absolute atomic E-state index is 13.7. The van der Waals surface area contributed by atoms with E-state index >= 15 is 0 Å². The molecule has 0 bridgehead atoms. The number of hydrogen-bond acceptors (Lipinski definition) is 6. The third-order valence-corrected chi connectivity index (χ3v) is 6.98. The zero-order chi connectivity index (χ0) is 25.6. The van der Waals surface area contributed by atoms with Crippen LogP contribution >= 0.6 is 23.2 Å². The first-order valence-corrected chi connectivity index (χ1v) is 12.3. The number of halogens is 2. The lowest BCUT2D eigenvalue weighted by atomic mass is 9.97. The zero-order valence-corrected chi connectivity index (χ0v) is 21.8. The summed E-state index contributed by atoms with van der Waals surface area (Å²) < 4.78 is 1.48. The van der Waals surface area contributed by atoms with Crippen LogP contribution in [0.25, 0.3) is 16.7 Å². The molecule has 35 heavy (non-hydrogen) atoms. The first-order valence-electron chi connectivity index (χ1n) is 11.5. The fourth-order valence-corrected chi connectivity index (χ4v) is 4.85. The molecule has 1 atom stereocenters. The van der Waals surface area contributed by atoms with Crippen LogP contribution in [-0.2, 0) is 0 Å². The second kappa shape index (κ2) is 9.62. The van der Waals surface area contributed by atoms with Crippen molar-refractivity contribution in [1.29, 1.82) is 0 Å². The summed E-state index contributed by atoms with van der Waals surface area (Å²) in [5.74, 6) is 0.558. The Morgan fingerprint density at radius 3 is 2.46 bits per heavy atom. The lowest BCUT2D eigenvalue weighted by Gasteiger charge is -2.39. The number of carboxylic acid groups (broad SMARTS) is 1. The van der Waals surface area contributed by atoms with Gasteiger partial charge in [-0.15, -0.1) is 0 Å². The van der Waals surface area contributed by atoms with Crippen LogP contribution in [-0.4, -0.2) is 61.3 Å². The van der Waals surface area contributed by atoms with Crippen LogP contribution in [0.4, 0.5) is 10.6 Å². The summed E-state index contributed by atoms with van der Waals surface area (Å²) in [6.45, 7) is 11.0. The van der Waals surface area contributed by atoms with Crippen LogP contribution in [0.5, 0.6) is 0 Å². The first kappa shape index (κ1) is 25.2. The quantitative estimate of drug-likeness (QED) is 0.488. The van der Waals surface area contributed by atoms with Gasteiger partial charge in [0.05, 0.1) is 21.8 Å². The smallest absolute Gasteiger partial charge is 0.407 e. The monoisotopic (exact) mass is 518 g/mol. The van der Waals surface area contributed by atoms with E-state index < -0.39 is 11.8 Å². The molecule has 3 aromatic rings. The molecule has 0 aromatic carbocycles. The average molecular weight is 519 g/mol. The highest BCUT2D eigenvalue weighted by Crippen LogP contribution is 2.35. The van der Waals surface area contributed by atoms with Gasteiger partial charge in [-0.25, -0.2) is 19.1 Å². The molecule has 186 valence electrons. The van der Waals surface area contributed by atoms with E-state index in [9.17, 15) is 14.7 Å². The van der Waals surface area contributed by atoms with Gasteiger partial charge in [-0.1, -0.05) is 50.9 Å². The van der Waals surface area contributed by atoms with Crippen LogP contribution in [0, 0.1) is 0 Å². The van der Waals surface area contributed by atoms with Gasteiger partial charge in [-0.2, -0.15) is 4.98 Å². The summed E-state index contributed by atoms with van der Waals surface area (Å²) in [5, 5.41) is 10.3. The van der Waals surface area contributed by atoms with Crippen LogP contribution in [0.1, 0.15) is 57.7 Å². The van der Waals surface area contributed by atoms with E-state index in [-0.39, 0.29) is 41.1 Å². The zero-order valence-electron chi connectivity index (χ0n) is 20.3. The largest absolute Gasteiger partial charge is 0.465 e. The molecule has 1 aliphatic heterocycles. The van der Waals surface area contributed by atoms with Crippen molar-refractivity contribution >= 4 is 46.1 Å². The second-order valence-corrected chi connectivity index (χ2v) is 10.2. The molecule has 1 saturated heterocycles. The molecule has 0 aliphatic carbocycles. The van der Waals surface area contributed by atoms with Crippen LogP contribution in [0.2, 0.25) is 10.2 Å². The highest BCUT2D eigenvalue weighted by atomic mass is 35.5. The molecule has 1 N–H and O–H groups in total. The predicted molar refractivity (Wildman–Crippen MR) is 138 cm³/mol. The normalized spacial score (nSPS) is 16.5. The Balaban J connectivity index is 2.03. The number of anilines is 1. The maximum Gasteiger partial charge on any atom is 0.407 e. The summed E-state index contributed by atoms with van der Waals surface area (Å²) in [6, 6.07) is 3.36. The van der Waals surface area contributed by atoms with Crippen LogP contribution in [0.15, 0.2) is 23.1 Å². The second-order valence-electron chi connectivity index (χ2n) is 9.40. The Kier molecular flexibility index (Phi) is 6.92. The van der Waals surface area contributed by atoms with E-state index in [0.29, 0.717) is 29.1 Å². The Morgan fingerprint density at radius 2 is 1.86 bits per heavy atom. The fourth-order valence-electron chi connectivity index (χ4n) is 4.57. The SMILES string of the molecule is CC(C)c1ccnc(C(C)C)c1-n1c(=O)nc(N2CCN(C(=O)O)C[C@@H]2C)c2cc(Cl)c(Cl)nc21. The summed E-state index contributed by atoms with van der Waals surface area (Å²) in [4.78, 5) is 42.1. The minimum Gasteiger partial charge on any atom is -0.465 e. The number of rotatable bonds is 4. The Bertz CT molecular complexity index is 1330. The molecule has 0 unspecified atom stereocenters. The molecule has 4 rings (SSSR count). The van der Waals surface area contributed by atoms with Gasteiger partial charge in [-0.3, -0.25) is 4.98 Å². The van der Waals surface area contributed by atoms with Crippen molar-refractivity contribution in [2.45, 2.75) is 52.5 Å². The number of fused-ring (bicyclic) bond motifs is 1. The molecule has 1 aliphatic rings. The van der Waals surface area contributed by atoms with Gasteiger partial charge in [0.2, 0.25) is 0 Å². The highest BCUT2D eigenvalue weighted by Gasteiger charge is 2.31. The highest BCUT2D eigenvalue weighted by molar-refractivity contribution is 6.41. The minimum atomic E-state index is -0.972. The summed E-state index contributed by atoms with van der Waals surface area (Å²) >= 11 is 12.7. The predicted octanol–water partition coefficient (Wildman–Crippen LogP) is 4.92. The van der Waals surface area contributed by atoms with E-state index in [1.165, 1.54) is 9.47 Å². The molecule has 4 heterocycles. The third kappa shape index (κ3) is 4.54. The van der Waals surface area contributed by atoms with E-state index in [2.05, 4.69) is 28.8 Å². The summed E-state index contributed by atoms with van der Waals surface area (Å²) in [6.07, 6.45) is 0.782. The van der Waals surface area contributed by atoms with Gasteiger partial charge in [0.25, 0.3) is 0 Å². The van der Waals surface area contributed by atoms with Crippen molar-refractivity contribution in [1.82, 2.24) is 24.4 Å². The molecular formula is C24H28Cl2N6O3. The van der Waals surface area contributed by atoms with Crippen molar-refractivity contribution in [2.75, 3.05) is 24.5 Å². The van der Waals surface area contributed by atoms with Crippen LogP contribution in [0.3, 0.4) is 0 Å². The topological polar surface area (TPSA) is 104 Å². The van der Waals surface area contributed by atoms with Crippen molar-refractivity contribution in [3.05, 3.63) is 50.2 Å². The third-order valence-electron chi connectivity index (χ3n) is 6.30. The number of piperazine rings is 1. The molecule has 3 aromatic heterocycles. The molecule has 1 amide bonds. The standard InChI is InChI=1S/C24H28Cl2N6O3/c1-12(2)15-6-7-27-18(13(3)4)19(15)32-22-16(10-17(25)20(26)28-22)21(29-23(32)33)31-9-8-30(24(34)35)11-14(31)5/h6-7,10,12-14H,8-9,11H2,1-5H3,(H,34,35)/t14-/m0/s1. The lowest BCUT2D eigenvalue weighted by molar-refractivity contribution is 0.136. The molecule has 0 spiro atoms. The van der Waals surface area contributed by atoms with E-state index in [1.54, 1.807) is 12.3 Å². The number of carbonyl (C=O) groups is 1. The Morgan fingerprint density at radius 1 is 1.14 bits per heavy atom. The Labute approximate surface area is 213 Å². The average Bonchev–Trinajstić information content (AvgIpc) is 2.79. The van der Waals surface area contributed by atoms with Crippen LogP contribution < -0.4 is 10.6 Å². The molecule has 9 nitrogen and oxygen atoms in total. The van der Waals surface area contributed by atoms with E-state index in [1.807, 2.05) is 31.7 Å². The molecular weight excluding hydrogens is 491 g/mol. The number of hydrogen-bond donors (Lipinski definition) is 1. The van der Waals surface area contributed by atoms with E-state index in [0.717, 1.165) is 11.3 Å². The molecule has 0 saturated carbocycles. The fraction of sp³-hybridized carbons (Fsp3) is 0.458. The number of amides is 1. The van der Waals surface area contributed by atoms with E-state index in [4.69, 9.17) is 23.2 Å². The molecule has 1 fully saturated rings. The summed E-state index contributed by atoms with van der Waals surface area (Å²) in [7, 11) is 0. The lowest BCUT2D eigenvalue weighted by Crippen LogP contribution is -2.54. The summed E-state index contributed by atoms with van der Waals surface area (Å²) in [5.41, 5.74) is 2.17. The van der Waals surface area contributed by atoms with Crippen molar-refractivity contribution in [2.24, 2.45) is 0 Å². The Hall–Kier alpha value is -2.91. The van der Waals surface area contributed by atoms with Gasteiger partial charge in [0.15, 0.2) is 5.65 Å². The maximum atomic E-state index is 13.7. The molecule has 0 radical (unpaired) electrons.